The SMILES string of the molecule is CC(C)C(NS(C)(=O)=O)c1ccc(C(C)(C)C)cc1. The monoisotopic (exact) mass is 283 g/mol. The third kappa shape index (κ3) is 4.96. The van der Waals surface area contributed by atoms with Crippen LogP contribution in [0.1, 0.15) is 51.8 Å². The van der Waals surface area contributed by atoms with Gasteiger partial charge in [-0.2, -0.15) is 0 Å². The Labute approximate surface area is 117 Å². The van der Waals surface area contributed by atoms with Gasteiger partial charge in [-0.15, -0.1) is 0 Å². The lowest BCUT2D eigenvalue weighted by Gasteiger charge is -2.24. The van der Waals surface area contributed by atoms with Gasteiger partial charge in [0.05, 0.1) is 6.26 Å². The molecule has 1 atom stereocenters. The molecule has 0 radical (unpaired) electrons. The number of rotatable bonds is 4. The third-order valence-corrected chi connectivity index (χ3v) is 3.83. The molecule has 0 aliphatic carbocycles. The van der Waals surface area contributed by atoms with Crippen molar-refractivity contribution < 1.29 is 8.42 Å². The maximum absolute atomic E-state index is 11.4. The molecule has 1 aromatic rings. The van der Waals surface area contributed by atoms with E-state index in [2.05, 4.69) is 37.6 Å². The second-order valence-electron chi connectivity index (χ2n) is 6.48. The van der Waals surface area contributed by atoms with Gasteiger partial charge >= 0.3 is 0 Å². The van der Waals surface area contributed by atoms with Crippen molar-refractivity contribution in [2.75, 3.05) is 6.26 Å². The fourth-order valence-electron chi connectivity index (χ4n) is 2.01. The Morgan fingerprint density at radius 2 is 1.53 bits per heavy atom. The Hall–Kier alpha value is -0.870. The van der Waals surface area contributed by atoms with Gasteiger partial charge in [-0.3, -0.25) is 0 Å². The van der Waals surface area contributed by atoms with Crippen molar-refractivity contribution in [2.45, 2.75) is 46.1 Å². The van der Waals surface area contributed by atoms with Gasteiger partial charge < -0.3 is 0 Å². The molecule has 0 aliphatic heterocycles. The molecule has 1 rings (SSSR count). The summed E-state index contributed by atoms with van der Waals surface area (Å²) in [6.45, 7) is 10.5. The first-order valence-corrected chi connectivity index (χ1v) is 8.47. The smallest absolute Gasteiger partial charge is 0.209 e. The minimum atomic E-state index is -3.21. The average Bonchev–Trinajstić information content (AvgIpc) is 2.23. The Bertz CT molecular complexity index is 510. The lowest BCUT2D eigenvalue weighted by atomic mass is 9.85. The Kier molecular flexibility index (Phi) is 4.80. The van der Waals surface area contributed by atoms with Crippen LogP contribution in [0.25, 0.3) is 0 Å². The topological polar surface area (TPSA) is 46.2 Å². The molecule has 1 aromatic carbocycles. The first kappa shape index (κ1) is 16.2. The summed E-state index contributed by atoms with van der Waals surface area (Å²) in [6, 6.07) is 8.01. The molecule has 4 heteroatoms. The summed E-state index contributed by atoms with van der Waals surface area (Å²) in [6.07, 6.45) is 1.20. The highest BCUT2D eigenvalue weighted by Crippen LogP contribution is 2.27. The molecule has 1 unspecified atom stereocenters. The van der Waals surface area contributed by atoms with Crippen molar-refractivity contribution in [3.05, 3.63) is 35.4 Å². The van der Waals surface area contributed by atoms with E-state index in [1.54, 1.807) is 0 Å². The predicted molar refractivity (Wildman–Crippen MR) is 80.7 cm³/mol. The summed E-state index contributed by atoms with van der Waals surface area (Å²) in [5, 5.41) is 0. The van der Waals surface area contributed by atoms with Crippen LogP contribution in [0.15, 0.2) is 24.3 Å². The molecule has 0 saturated heterocycles. The molecule has 0 aromatic heterocycles. The summed E-state index contributed by atoms with van der Waals surface area (Å²) in [4.78, 5) is 0. The molecular weight excluding hydrogens is 258 g/mol. The standard InChI is InChI=1S/C15H25NO2S/c1-11(2)14(16-19(6,17)18)12-7-9-13(10-8-12)15(3,4)5/h7-11,14,16H,1-6H3. The van der Waals surface area contributed by atoms with Crippen LogP contribution in [0, 0.1) is 5.92 Å². The largest absolute Gasteiger partial charge is 0.213 e. The van der Waals surface area contributed by atoms with Gasteiger partial charge in [-0.25, -0.2) is 13.1 Å². The molecule has 0 saturated carbocycles. The number of benzene rings is 1. The number of sulfonamides is 1. The van der Waals surface area contributed by atoms with E-state index in [1.807, 2.05) is 26.0 Å². The predicted octanol–water partition coefficient (Wildman–Crippen LogP) is 3.23. The van der Waals surface area contributed by atoms with Crippen molar-refractivity contribution in [1.29, 1.82) is 0 Å². The van der Waals surface area contributed by atoms with Gasteiger partial charge in [-0.1, -0.05) is 58.9 Å². The van der Waals surface area contributed by atoms with E-state index >= 15 is 0 Å². The van der Waals surface area contributed by atoms with Gasteiger partial charge in [0.1, 0.15) is 0 Å². The highest BCUT2D eigenvalue weighted by molar-refractivity contribution is 7.88. The molecule has 1 N–H and O–H groups in total. The van der Waals surface area contributed by atoms with Crippen molar-refractivity contribution in [1.82, 2.24) is 4.72 Å². The van der Waals surface area contributed by atoms with Gasteiger partial charge in [0, 0.05) is 6.04 Å². The molecule has 0 amide bonds. The average molecular weight is 283 g/mol. The van der Waals surface area contributed by atoms with Crippen molar-refractivity contribution in [2.24, 2.45) is 5.92 Å². The number of nitrogens with one attached hydrogen (secondary N) is 1. The van der Waals surface area contributed by atoms with Crippen molar-refractivity contribution in [3.8, 4) is 0 Å². The molecule has 0 aliphatic rings. The highest BCUT2D eigenvalue weighted by Gasteiger charge is 2.20. The molecule has 0 spiro atoms. The van der Waals surface area contributed by atoms with Crippen LogP contribution in [0.3, 0.4) is 0 Å². The van der Waals surface area contributed by atoms with Crippen LogP contribution in [0.4, 0.5) is 0 Å². The number of hydrogen-bond acceptors (Lipinski definition) is 2. The van der Waals surface area contributed by atoms with Crippen LogP contribution in [-0.4, -0.2) is 14.7 Å². The maximum atomic E-state index is 11.4. The fraction of sp³-hybridized carbons (Fsp3) is 0.600. The Morgan fingerprint density at radius 1 is 1.05 bits per heavy atom. The molecule has 0 fully saturated rings. The van der Waals surface area contributed by atoms with Crippen molar-refractivity contribution >= 4 is 10.0 Å². The first-order chi connectivity index (χ1) is 8.50. The first-order valence-electron chi connectivity index (χ1n) is 6.58. The lowest BCUT2D eigenvalue weighted by molar-refractivity contribution is 0.464. The van der Waals surface area contributed by atoms with E-state index in [0.717, 1.165) is 5.56 Å². The van der Waals surface area contributed by atoms with E-state index < -0.39 is 10.0 Å². The van der Waals surface area contributed by atoms with Crippen molar-refractivity contribution in [3.63, 3.8) is 0 Å². The maximum Gasteiger partial charge on any atom is 0.209 e. The summed E-state index contributed by atoms with van der Waals surface area (Å²) in [7, 11) is -3.21. The van der Waals surface area contributed by atoms with E-state index in [-0.39, 0.29) is 17.4 Å². The second kappa shape index (κ2) is 5.63. The van der Waals surface area contributed by atoms with E-state index in [4.69, 9.17) is 0 Å². The lowest BCUT2D eigenvalue weighted by Crippen LogP contribution is -2.30. The third-order valence-electron chi connectivity index (χ3n) is 3.14. The molecule has 108 valence electrons. The Morgan fingerprint density at radius 3 is 1.84 bits per heavy atom. The van der Waals surface area contributed by atoms with Gasteiger partial charge in [0.25, 0.3) is 0 Å². The summed E-state index contributed by atoms with van der Waals surface area (Å²) in [5.74, 6) is 0.204. The van der Waals surface area contributed by atoms with Crippen LogP contribution in [-0.2, 0) is 15.4 Å². The molecule has 0 bridgehead atoms. The minimum absolute atomic E-state index is 0.107. The fourth-order valence-corrected chi connectivity index (χ4v) is 2.88. The Balaban J connectivity index is 3.05. The van der Waals surface area contributed by atoms with Crippen LogP contribution < -0.4 is 4.72 Å². The van der Waals surface area contributed by atoms with Gasteiger partial charge in [0.2, 0.25) is 10.0 Å². The number of hydrogen-bond donors (Lipinski definition) is 1. The zero-order valence-corrected chi connectivity index (χ0v) is 13.5. The zero-order chi connectivity index (χ0) is 14.8. The normalized spacial score (nSPS) is 14.7. The van der Waals surface area contributed by atoms with E-state index in [0.29, 0.717) is 0 Å². The zero-order valence-electron chi connectivity index (χ0n) is 12.7. The second-order valence-corrected chi connectivity index (χ2v) is 8.26. The van der Waals surface area contributed by atoms with E-state index in [9.17, 15) is 8.42 Å². The quantitative estimate of drug-likeness (QED) is 0.922. The molecule has 0 heterocycles. The minimum Gasteiger partial charge on any atom is -0.213 e. The molecular formula is C15H25NO2S. The van der Waals surface area contributed by atoms with E-state index in [1.165, 1.54) is 11.8 Å². The summed E-state index contributed by atoms with van der Waals surface area (Å²) in [5.41, 5.74) is 2.36. The highest BCUT2D eigenvalue weighted by atomic mass is 32.2. The molecule has 3 nitrogen and oxygen atoms in total. The van der Waals surface area contributed by atoms with Crippen LogP contribution in [0.5, 0.6) is 0 Å². The van der Waals surface area contributed by atoms with Crippen LogP contribution in [0.2, 0.25) is 0 Å². The summed E-state index contributed by atoms with van der Waals surface area (Å²) < 4.78 is 25.6. The van der Waals surface area contributed by atoms with Gasteiger partial charge in [0.15, 0.2) is 0 Å². The van der Waals surface area contributed by atoms with Crippen LogP contribution >= 0.6 is 0 Å². The molecule has 19 heavy (non-hydrogen) atoms. The van der Waals surface area contributed by atoms with Gasteiger partial charge in [-0.05, 0) is 22.5 Å². The summed E-state index contributed by atoms with van der Waals surface area (Å²) >= 11 is 0.